The molecule has 1 unspecified atom stereocenters. The number of amides is 2. The number of rotatable bonds is 7. The Labute approximate surface area is 171 Å². The van der Waals surface area contributed by atoms with Crippen molar-refractivity contribution in [2.75, 3.05) is 33.0 Å². The van der Waals surface area contributed by atoms with Crippen LogP contribution in [0.15, 0.2) is 18.2 Å². The second kappa shape index (κ2) is 7.52. The lowest BCUT2D eigenvalue weighted by atomic mass is 10.1. The number of likely N-dealkylation sites (tertiary alicyclic amines) is 2. The molecule has 1 saturated carbocycles. The van der Waals surface area contributed by atoms with Crippen molar-refractivity contribution in [3.8, 4) is 11.5 Å². The van der Waals surface area contributed by atoms with Crippen molar-refractivity contribution in [3.05, 3.63) is 23.8 Å². The van der Waals surface area contributed by atoms with Crippen LogP contribution in [0.4, 0.5) is 0 Å². The molecule has 7 nitrogen and oxygen atoms in total. The summed E-state index contributed by atoms with van der Waals surface area (Å²) in [4.78, 5) is 29.6. The third kappa shape index (κ3) is 3.92. The minimum Gasteiger partial charge on any atom is -0.454 e. The Kier molecular flexibility index (Phi) is 4.86. The molecule has 0 radical (unpaired) electrons. The average Bonchev–Trinajstić information content (AvgIpc) is 3.10. The van der Waals surface area contributed by atoms with Gasteiger partial charge in [0, 0.05) is 31.5 Å². The van der Waals surface area contributed by atoms with Crippen LogP contribution in [0.25, 0.3) is 0 Å². The van der Waals surface area contributed by atoms with Crippen LogP contribution in [0.2, 0.25) is 0 Å². The van der Waals surface area contributed by atoms with Crippen molar-refractivity contribution in [1.82, 2.24) is 15.1 Å². The van der Waals surface area contributed by atoms with Crippen LogP contribution in [0.5, 0.6) is 11.5 Å². The molecule has 29 heavy (non-hydrogen) atoms. The molecule has 2 amide bonds. The molecule has 1 aromatic carbocycles. The van der Waals surface area contributed by atoms with Crippen LogP contribution in [-0.2, 0) is 16.1 Å². The summed E-state index contributed by atoms with van der Waals surface area (Å²) in [6, 6.07) is 5.32. The van der Waals surface area contributed by atoms with Gasteiger partial charge in [-0.1, -0.05) is 6.07 Å². The lowest BCUT2D eigenvalue weighted by Gasteiger charge is -2.27. The van der Waals surface area contributed by atoms with Crippen molar-refractivity contribution < 1.29 is 19.1 Å². The third-order valence-electron chi connectivity index (χ3n) is 6.77. The van der Waals surface area contributed by atoms with Gasteiger partial charge in [0.1, 0.15) is 6.04 Å². The summed E-state index contributed by atoms with van der Waals surface area (Å²) in [6.07, 6.45) is 5.99. The molecule has 1 atom stereocenters. The summed E-state index contributed by atoms with van der Waals surface area (Å²) in [5.41, 5.74) is 1.21. The monoisotopic (exact) mass is 399 g/mol. The van der Waals surface area contributed by atoms with Gasteiger partial charge in [-0.2, -0.15) is 0 Å². The molecule has 1 aliphatic carbocycles. The van der Waals surface area contributed by atoms with Crippen LogP contribution in [-0.4, -0.2) is 60.6 Å². The van der Waals surface area contributed by atoms with E-state index in [1.54, 1.807) is 4.90 Å². The van der Waals surface area contributed by atoms with E-state index in [0.29, 0.717) is 25.1 Å². The summed E-state index contributed by atoms with van der Waals surface area (Å²) in [5, 5.41) is 3.18. The summed E-state index contributed by atoms with van der Waals surface area (Å²) in [7, 11) is 0. The zero-order valence-corrected chi connectivity index (χ0v) is 16.8. The largest absolute Gasteiger partial charge is 0.454 e. The standard InChI is InChI=1S/C22H29N3O4/c26-20-6-4-17(25(20)12-16-3-5-18-19(11-16)29-15-28-18)21(27)23-13-22(7-8-22)14-24-9-1-2-10-24/h3,5,11,17H,1-2,4,6-10,12-15H2,(H,23,27). The number of carbonyl (C=O) groups is 2. The lowest BCUT2D eigenvalue weighted by molar-refractivity contribution is -0.135. The van der Waals surface area contributed by atoms with Crippen molar-refractivity contribution in [2.45, 2.75) is 51.1 Å². The highest BCUT2D eigenvalue weighted by Crippen LogP contribution is 2.46. The minimum atomic E-state index is -0.379. The molecule has 3 fully saturated rings. The zero-order chi connectivity index (χ0) is 19.8. The molecular weight excluding hydrogens is 370 g/mol. The van der Waals surface area contributed by atoms with Crippen LogP contribution < -0.4 is 14.8 Å². The number of nitrogens with one attached hydrogen (secondary N) is 1. The SMILES string of the molecule is O=C(NCC1(CN2CCCC2)CC1)C1CCC(=O)N1Cc1ccc2c(c1)OCO2. The highest BCUT2D eigenvalue weighted by atomic mass is 16.7. The fourth-order valence-corrected chi connectivity index (χ4v) is 4.82. The van der Waals surface area contributed by atoms with Gasteiger partial charge < -0.3 is 24.6 Å². The van der Waals surface area contributed by atoms with Crippen LogP contribution >= 0.6 is 0 Å². The molecule has 4 aliphatic rings. The van der Waals surface area contributed by atoms with E-state index in [4.69, 9.17) is 9.47 Å². The predicted octanol–water partition coefficient (Wildman–Crippen LogP) is 1.90. The van der Waals surface area contributed by atoms with E-state index < -0.39 is 0 Å². The van der Waals surface area contributed by atoms with Gasteiger partial charge in [-0.15, -0.1) is 0 Å². The highest BCUT2D eigenvalue weighted by Gasteiger charge is 2.45. The maximum atomic E-state index is 12.9. The fraction of sp³-hybridized carbons (Fsp3) is 0.636. The average molecular weight is 399 g/mol. The molecule has 156 valence electrons. The summed E-state index contributed by atoms with van der Waals surface area (Å²) < 4.78 is 10.8. The van der Waals surface area contributed by atoms with Gasteiger partial charge in [-0.25, -0.2) is 0 Å². The number of carbonyl (C=O) groups excluding carboxylic acids is 2. The van der Waals surface area contributed by atoms with Crippen molar-refractivity contribution >= 4 is 11.8 Å². The van der Waals surface area contributed by atoms with Crippen LogP contribution in [0.1, 0.15) is 44.1 Å². The van der Waals surface area contributed by atoms with Crippen molar-refractivity contribution in [3.63, 3.8) is 0 Å². The van der Waals surface area contributed by atoms with E-state index in [9.17, 15) is 9.59 Å². The highest BCUT2D eigenvalue weighted by molar-refractivity contribution is 5.90. The van der Waals surface area contributed by atoms with Gasteiger partial charge >= 0.3 is 0 Å². The molecular formula is C22H29N3O4. The van der Waals surface area contributed by atoms with E-state index in [2.05, 4.69) is 10.2 Å². The summed E-state index contributed by atoms with van der Waals surface area (Å²) in [5.74, 6) is 1.46. The Balaban J connectivity index is 1.19. The molecule has 7 heteroatoms. The minimum absolute atomic E-state index is 0.00992. The van der Waals surface area contributed by atoms with Gasteiger partial charge in [0.05, 0.1) is 0 Å². The van der Waals surface area contributed by atoms with Gasteiger partial charge in [0.2, 0.25) is 18.6 Å². The van der Waals surface area contributed by atoms with Gasteiger partial charge in [0.15, 0.2) is 11.5 Å². The molecule has 0 spiro atoms. The summed E-state index contributed by atoms with van der Waals surface area (Å²) in [6.45, 7) is 4.85. The van der Waals surface area contributed by atoms with E-state index in [1.165, 1.54) is 38.8 Å². The number of nitrogens with zero attached hydrogens (tertiary/aromatic N) is 2. The Morgan fingerprint density at radius 2 is 1.97 bits per heavy atom. The zero-order valence-electron chi connectivity index (χ0n) is 16.8. The van der Waals surface area contributed by atoms with Gasteiger partial charge in [-0.3, -0.25) is 9.59 Å². The Morgan fingerprint density at radius 3 is 2.76 bits per heavy atom. The molecule has 0 aromatic heterocycles. The first-order valence-corrected chi connectivity index (χ1v) is 10.8. The second-order valence-corrected chi connectivity index (χ2v) is 8.96. The normalized spacial score (nSPS) is 24.9. The number of hydrogen-bond donors (Lipinski definition) is 1. The van der Waals surface area contributed by atoms with Crippen molar-refractivity contribution in [1.29, 1.82) is 0 Å². The molecule has 1 aromatic rings. The number of ether oxygens (including phenoxy) is 2. The summed E-state index contributed by atoms with van der Waals surface area (Å²) >= 11 is 0. The van der Waals surface area contributed by atoms with E-state index >= 15 is 0 Å². The van der Waals surface area contributed by atoms with Crippen LogP contribution in [0, 0.1) is 5.41 Å². The van der Waals surface area contributed by atoms with E-state index in [1.807, 2.05) is 18.2 Å². The van der Waals surface area contributed by atoms with E-state index in [0.717, 1.165) is 24.4 Å². The van der Waals surface area contributed by atoms with E-state index in [-0.39, 0.29) is 30.1 Å². The maximum absolute atomic E-state index is 12.9. The first kappa shape index (κ1) is 18.7. The molecule has 5 rings (SSSR count). The molecule has 2 saturated heterocycles. The third-order valence-corrected chi connectivity index (χ3v) is 6.77. The molecule has 1 N–H and O–H groups in total. The van der Waals surface area contributed by atoms with Crippen LogP contribution in [0.3, 0.4) is 0 Å². The number of benzene rings is 1. The molecule has 3 aliphatic heterocycles. The van der Waals surface area contributed by atoms with Crippen molar-refractivity contribution in [2.24, 2.45) is 5.41 Å². The quantitative estimate of drug-likeness (QED) is 0.758. The maximum Gasteiger partial charge on any atom is 0.242 e. The predicted molar refractivity (Wildman–Crippen MR) is 106 cm³/mol. The lowest BCUT2D eigenvalue weighted by Crippen LogP contribution is -2.46. The second-order valence-electron chi connectivity index (χ2n) is 8.96. The topological polar surface area (TPSA) is 71.1 Å². The van der Waals surface area contributed by atoms with Gasteiger partial charge in [-0.05, 0) is 62.9 Å². The molecule has 3 heterocycles. The number of hydrogen-bond acceptors (Lipinski definition) is 5. The Morgan fingerprint density at radius 1 is 1.17 bits per heavy atom. The molecule has 0 bridgehead atoms. The van der Waals surface area contributed by atoms with Gasteiger partial charge in [0.25, 0.3) is 0 Å². The first-order chi connectivity index (χ1) is 14.1. The Bertz CT molecular complexity index is 801. The smallest absolute Gasteiger partial charge is 0.242 e. The Hall–Kier alpha value is -2.28. The number of fused-ring (bicyclic) bond motifs is 1. The fourth-order valence-electron chi connectivity index (χ4n) is 4.82. The first-order valence-electron chi connectivity index (χ1n) is 10.8.